The Morgan fingerprint density at radius 1 is 1.29 bits per heavy atom. The van der Waals surface area contributed by atoms with Crippen molar-refractivity contribution in [3.63, 3.8) is 0 Å². The number of amides is 1. The Balaban J connectivity index is 0.00000256. The molecule has 3 nitrogen and oxygen atoms in total. The Hall–Kier alpha value is -1.06. The van der Waals surface area contributed by atoms with Crippen LogP contribution in [0.5, 0.6) is 0 Å². The van der Waals surface area contributed by atoms with Crippen LogP contribution >= 0.6 is 12.4 Å². The molecule has 1 aromatic carbocycles. The van der Waals surface area contributed by atoms with Crippen LogP contribution in [-0.4, -0.2) is 12.5 Å². The first-order chi connectivity index (χ1) is 7.59. The highest BCUT2D eigenvalue weighted by Crippen LogP contribution is 2.14. The van der Waals surface area contributed by atoms with Gasteiger partial charge in [-0.05, 0) is 17.0 Å². The van der Waals surface area contributed by atoms with E-state index >= 15 is 0 Å². The normalized spacial score (nSPS) is 10.1. The fourth-order valence-electron chi connectivity index (χ4n) is 1.46. The molecule has 0 atom stereocenters. The average Bonchev–Trinajstić information content (AvgIpc) is 2.25. The SMILES string of the molecule is CC(C)c1ccc(CNCCC(N)=O)cc1.Cl. The van der Waals surface area contributed by atoms with Gasteiger partial charge in [-0.25, -0.2) is 0 Å². The van der Waals surface area contributed by atoms with Crippen molar-refractivity contribution < 1.29 is 4.79 Å². The lowest BCUT2D eigenvalue weighted by molar-refractivity contribution is -0.117. The van der Waals surface area contributed by atoms with Gasteiger partial charge in [0.25, 0.3) is 0 Å². The first-order valence-electron chi connectivity index (χ1n) is 5.67. The maximum atomic E-state index is 10.5. The second-order valence-corrected chi connectivity index (χ2v) is 4.29. The van der Waals surface area contributed by atoms with E-state index < -0.39 is 0 Å². The second kappa shape index (κ2) is 8.09. The molecule has 17 heavy (non-hydrogen) atoms. The second-order valence-electron chi connectivity index (χ2n) is 4.29. The summed E-state index contributed by atoms with van der Waals surface area (Å²) in [5, 5.41) is 3.18. The quantitative estimate of drug-likeness (QED) is 0.767. The van der Waals surface area contributed by atoms with E-state index in [9.17, 15) is 4.79 Å². The van der Waals surface area contributed by atoms with Gasteiger partial charge >= 0.3 is 0 Å². The molecule has 0 unspecified atom stereocenters. The minimum Gasteiger partial charge on any atom is -0.370 e. The van der Waals surface area contributed by atoms with Crippen LogP contribution in [0, 0.1) is 0 Å². The molecular weight excluding hydrogens is 236 g/mol. The maximum Gasteiger partial charge on any atom is 0.218 e. The van der Waals surface area contributed by atoms with Crippen molar-refractivity contribution in [1.29, 1.82) is 0 Å². The molecule has 0 heterocycles. The standard InChI is InChI=1S/C13H20N2O.ClH/c1-10(2)12-5-3-11(4-6-12)9-15-8-7-13(14)16;/h3-6,10,15H,7-9H2,1-2H3,(H2,14,16);1H. The third-order valence-corrected chi connectivity index (χ3v) is 2.52. The summed E-state index contributed by atoms with van der Waals surface area (Å²) in [5.41, 5.74) is 7.62. The molecule has 0 bridgehead atoms. The van der Waals surface area contributed by atoms with Gasteiger partial charge in [0.05, 0.1) is 0 Å². The maximum absolute atomic E-state index is 10.5. The molecule has 0 fully saturated rings. The van der Waals surface area contributed by atoms with Crippen molar-refractivity contribution in [1.82, 2.24) is 5.32 Å². The molecule has 0 aliphatic carbocycles. The van der Waals surface area contributed by atoms with Crippen molar-refractivity contribution in [2.45, 2.75) is 32.7 Å². The van der Waals surface area contributed by atoms with E-state index in [0.29, 0.717) is 18.9 Å². The van der Waals surface area contributed by atoms with Gasteiger partial charge in [0.15, 0.2) is 0 Å². The summed E-state index contributed by atoms with van der Waals surface area (Å²) < 4.78 is 0. The van der Waals surface area contributed by atoms with E-state index in [1.807, 2.05) is 0 Å². The summed E-state index contributed by atoms with van der Waals surface area (Å²) in [5.74, 6) is 0.305. The van der Waals surface area contributed by atoms with Crippen LogP contribution in [0.3, 0.4) is 0 Å². The molecule has 0 saturated carbocycles. The summed E-state index contributed by atoms with van der Waals surface area (Å²) in [6.45, 7) is 5.78. The lowest BCUT2D eigenvalue weighted by Gasteiger charge is -2.07. The number of nitrogens with one attached hydrogen (secondary N) is 1. The van der Waals surface area contributed by atoms with Gasteiger partial charge in [0.2, 0.25) is 5.91 Å². The summed E-state index contributed by atoms with van der Waals surface area (Å²) in [6, 6.07) is 8.53. The van der Waals surface area contributed by atoms with Crippen LogP contribution in [0.1, 0.15) is 37.3 Å². The minimum absolute atomic E-state index is 0. The number of nitrogens with two attached hydrogens (primary N) is 1. The summed E-state index contributed by atoms with van der Waals surface area (Å²) in [6.07, 6.45) is 0.393. The predicted octanol–water partition coefficient (Wildman–Crippen LogP) is 2.20. The number of primary amides is 1. The van der Waals surface area contributed by atoms with E-state index in [4.69, 9.17) is 5.73 Å². The van der Waals surface area contributed by atoms with E-state index in [1.54, 1.807) is 0 Å². The highest BCUT2D eigenvalue weighted by Gasteiger charge is 1.99. The predicted molar refractivity (Wildman–Crippen MR) is 73.3 cm³/mol. The lowest BCUT2D eigenvalue weighted by atomic mass is 10.0. The number of halogens is 1. The zero-order valence-corrected chi connectivity index (χ0v) is 11.2. The van der Waals surface area contributed by atoms with Crippen molar-refractivity contribution in [3.05, 3.63) is 35.4 Å². The molecule has 0 aromatic heterocycles. The molecule has 3 N–H and O–H groups in total. The highest BCUT2D eigenvalue weighted by atomic mass is 35.5. The molecule has 96 valence electrons. The first-order valence-corrected chi connectivity index (χ1v) is 5.67. The Morgan fingerprint density at radius 3 is 2.35 bits per heavy atom. The number of hydrogen-bond donors (Lipinski definition) is 2. The minimum atomic E-state index is -0.261. The number of carbonyl (C=O) groups excluding carboxylic acids is 1. The molecule has 0 spiro atoms. The van der Waals surface area contributed by atoms with Crippen LogP contribution in [-0.2, 0) is 11.3 Å². The van der Waals surface area contributed by atoms with Crippen molar-refractivity contribution in [3.8, 4) is 0 Å². The van der Waals surface area contributed by atoms with E-state index in [-0.39, 0.29) is 18.3 Å². The van der Waals surface area contributed by atoms with Gasteiger partial charge < -0.3 is 11.1 Å². The van der Waals surface area contributed by atoms with E-state index in [0.717, 1.165) is 6.54 Å². The third kappa shape index (κ3) is 6.29. The van der Waals surface area contributed by atoms with Gasteiger partial charge in [-0.1, -0.05) is 38.1 Å². The molecule has 0 aliphatic heterocycles. The Bertz CT molecular complexity index is 336. The highest BCUT2D eigenvalue weighted by molar-refractivity contribution is 5.85. The number of rotatable bonds is 6. The first kappa shape index (κ1) is 15.9. The van der Waals surface area contributed by atoms with Crippen LogP contribution in [0.25, 0.3) is 0 Å². The fraction of sp³-hybridized carbons (Fsp3) is 0.462. The zero-order chi connectivity index (χ0) is 12.0. The van der Waals surface area contributed by atoms with E-state index in [2.05, 4.69) is 43.4 Å². The smallest absolute Gasteiger partial charge is 0.218 e. The van der Waals surface area contributed by atoms with Crippen LogP contribution in [0.15, 0.2) is 24.3 Å². The molecular formula is C13H21ClN2O. The van der Waals surface area contributed by atoms with Gasteiger partial charge in [-0.3, -0.25) is 4.79 Å². The zero-order valence-electron chi connectivity index (χ0n) is 10.4. The van der Waals surface area contributed by atoms with Crippen molar-refractivity contribution >= 4 is 18.3 Å². The monoisotopic (exact) mass is 256 g/mol. The lowest BCUT2D eigenvalue weighted by Crippen LogP contribution is -2.21. The van der Waals surface area contributed by atoms with Crippen molar-refractivity contribution in [2.75, 3.05) is 6.54 Å². The molecule has 1 amide bonds. The fourth-order valence-corrected chi connectivity index (χ4v) is 1.46. The largest absolute Gasteiger partial charge is 0.370 e. The Kier molecular flexibility index (Phi) is 7.59. The van der Waals surface area contributed by atoms with Crippen LogP contribution in [0.2, 0.25) is 0 Å². The van der Waals surface area contributed by atoms with Gasteiger partial charge in [0.1, 0.15) is 0 Å². The summed E-state index contributed by atoms with van der Waals surface area (Å²) in [4.78, 5) is 10.5. The average molecular weight is 257 g/mol. The number of hydrogen-bond acceptors (Lipinski definition) is 2. The van der Waals surface area contributed by atoms with Crippen LogP contribution in [0.4, 0.5) is 0 Å². The summed E-state index contributed by atoms with van der Waals surface area (Å²) >= 11 is 0. The summed E-state index contributed by atoms with van der Waals surface area (Å²) in [7, 11) is 0. The molecule has 0 saturated heterocycles. The molecule has 0 radical (unpaired) electrons. The van der Waals surface area contributed by atoms with Gasteiger partial charge in [-0.15, -0.1) is 12.4 Å². The number of carbonyl (C=O) groups is 1. The Labute approximate surface area is 109 Å². The molecule has 4 heteroatoms. The van der Waals surface area contributed by atoms with Gasteiger partial charge in [0, 0.05) is 19.5 Å². The Morgan fingerprint density at radius 2 is 1.88 bits per heavy atom. The van der Waals surface area contributed by atoms with Crippen molar-refractivity contribution in [2.24, 2.45) is 5.73 Å². The topological polar surface area (TPSA) is 55.1 Å². The van der Waals surface area contributed by atoms with E-state index in [1.165, 1.54) is 11.1 Å². The number of benzene rings is 1. The van der Waals surface area contributed by atoms with Gasteiger partial charge in [-0.2, -0.15) is 0 Å². The third-order valence-electron chi connectivity index (χ3n) is 2.52. The molecule has 0 aliphatic rings. The van der Waals surface area contributed by atoms with Crippen LogP contribution < -0.4 is 11.1 Å². The molecule has 1 rings (SSSR count). The molecule has 1 aromatic rings.